The molecule has 20 heavy (non-hydrogen) atoms. The summed E-state index contributed by atoms with van der Waals surface area (Å²) in [4.78, 5) is 2.26. The van der Waals surface area contributed by atoms with Crippen molar-refractivity contribution in [1.29, 1.82) is 0 Å². The number of nitrogens with one attached hydrogen (secondary N) is 1. The van der Waals surface area contributed by atoms with E-state index in [0.29, 0.717) is 6.04 Å². The van der Waals surface area contributed by atoms with Crippen LogP contribution in [-0.4, -0.2) is 14.1 Å². The molecule has 0 aliphatic rings. The van der Waals surface area contributed by atoms with Gasteiger partial charge in [0.25, 0.3) is 0 Å². The van der Waals surface area contributed by atoms with Gasteiger partial charge < -0.3 is 10.2 Å². The summed E-state index contributed by atoms with van der Waals surface area (Å²) in [5.74, 6) is 0. The minimum atomic E-state index is 0.361. The molecule has 0 fully saturated rings. The van der Waals surface area contributed by atoms with Gasteiger partial charge >= 0.3 is 0 Å². The van der Waals surface area contributed by atoms with Crippen LogP contribution in [0.1, 0.15) is 24.1 Å². The molecule has 0 saturated carbocycles. The number of hydrogen-bond acceptors (Lipinski definition) is 2. The number of anilines is 1. The molecule has 2 rings (SSSR count). The number of benzene rings is 2. The fourth-order valence-corrected chi connectivity index (χ4v) is 2.91. The quantitative estimate of drug-likeness (QED) is 0.874. The SMILES string of the molecule is CNC(C)c1ccc(N(C)Cc2ccccc2)c(Br)c1. The van der Waals surface area contributed by atoms with Crippen molar-refractivity contribution in [3.63, 3.8) is 0 Å². The average Bonchev–Trinajstić information content (AvgIpc) is 2.47. The molecule has 1 unspecified atom stereocenters. The second-order valence-electron chi connectivity index (χ2n) is 5.06. The van der Waals surface area contributed by atoms with Crippen LogP contribution in [0.4, 0.5) is 5.69 Å². The summed E-state index contributed by atoms with van der Waals surface area (Å²) in [7, 11) is 4.10. The lowest BCUT2D eigenvalue weighted by molar-refractivity contribution is 0.652. The lowest BCUT2D eigenvalue weighted by Crippen LogP contribution is -2.17. The van der Waals surface area contributed by atoms with Gasteiger partial charge in [0.05, 0.1) is 5.69 Å². The molecule has 2 nitrogen and oxygen atoms in total. The van der Waals surface area contributed by atoms with E-state index in [4.69, 9.17) is 0 Å². The van der Waals surface area contributed by atoms with E-state index >= 15 is 0 Å². The lowest BCUT2D eigenvalue weighted by atomic mass is 10.1. The summed E-state index contributed by atoms with van der Waals surface area (Å²) in [6.45, 7) is 3.06. The van der Waals surface area contributed by atoms with Crippen molar-refractivity contribution in [3.05, 3.63) is 64.1 Å². The van der Waals surface area contributed by atoms with E-state index in [1.165, 1.54) is 16.8 Å². The summed E-state index contributed by atoms with van der Waals surface area (Å²) in [5.41, 5.74) is 3.81. The maximum Gasteiger partial charge on any atom is 0.0511 e. The van der Waals surface area contributed by atoms with Crippen molar-refractivity contribution >= 4 is 21.6 Å². The fraction of sp³-hybridized carbons (Fsp3) is 0.294. The Morgan fingerprint density at radius 1 is 1.15 bits per heavy atom. The molecule has 3 heteroatoms. The van der Waals surface area contributed by atoms with Crippen molar-refractivity contribution in [1.82, 2.24) is 5.32 Å². The topological polar surface area (TPSA) is 15.3 Å². The van der Waals surface area contributed by atoms with Crippen LogP contribution in [0.25, 0.3) is 0 Å². The fourth-order valence-electron chi connectivity index (χ4n) is 2.21. The van der Waals surface area contributed by atoms with Gasteiger partial charge in [0.1, 0.15) is 0 Å². The van der Waals surface area contributed by atoms with Gasteiger partial charge in [-0.15, -0.1) is 0 Å². The van der Waals surface area contributed by atoms with Crippen LogP contribution in [0.5, 0.6) is 0 Å². The molecule has 0 bridgehead atoms. The minimum absolute atomic E-state index is 0.361. The highest BCUT2D eigenvalue weighted by atomic mass is 79.9. The zero-order valence-corrected chi connectivity index (χ0v) is 13.8. The van der Waals surface area contributed by atoms with Gasteiger partial charge in [-0.2, -0.15) is 0 Å². The van der Waals surface area contributed by atoms with E-state index < -0.39 is 0 Å². The first-order valence-electron chi connectivity index (χ1n) is 6.83. The molecule has 2 aromatic rings. The molecule has 0 radical (unpaired) electrons. The van der Waals surface area contributed by atoms with Gasteiger partial charge in [-0.1, -0.05) is 36.4 Å². The van der Waals surface area contributed by atoms with E-state index in [0.717, 1.165) is 11.0 Å². The first kappa shape index (κ1) is 15.1. The van der Waals surface area contributed by atoms with E-state index in [9.17, 15) is 0 Å². The molecular formula is C17H21BrN2. The molecule has 1 N–H and O–H groups in total. The molecule has 106 valence electrons. The zero-order valence-electron chi connectivity index (χ0n) is 12.2. The Morgan fingerprint density at radius 3 is 2.45 bits per heavy atom. The largest absolute Gasteiger partial charge is 0.369 e. The van der Waals surface area contributed by atoms with Gasteiger partial charge in [-0.3, -0.25) is 0 Å². The van der Waals surface area contributed by atoms with Crippen LogP contribution in [0.15, 0.2) is 53.0 Å². The highest BCUT2D eigenvalue weighted by Crippen LogP contribution is 2.29. The standard InChI is InChI=1S/C17H21BrN2/c1-13(19-2)15-9-10-17(16(18)11-15)20(3)12-14-7-5-4-6-8-14/h4-11,13,19H,12H2,1-3H3. The van der Waals surface area contributed by atoms with E-state index in [2.05, 4.69) is 82.6 Å². The van der Waals surface area contributed by atoms with Crippen molar-refractivity contribution in [2.24, 2.45) is 0 Å². The van der Waals surface area contributed by atoms with Crippen LogP contribution in [0.2, 0.25) is 0 Å². The highest BCUT2D eigenvalue weighted by Gasteiger charge is 2.09. The minimum Gasteiger partial charge on any atom is -0.369 e. The molecule has 0 spiro atoms. The maximum absolute atomic E-state index is 3.69. The number of hydrogen-bond donors (Lipinski definition) is 1. The Labute approximate surface area is 129 Å². The van der Waals surface area contributed by atoms with Gasteiger partial charge in [-0.05, 0) is 53.2 Å². The first-order chi connectivity index (χ1) is 9.61. The van der Waals surface area contributed by atoms with Gasteiger partial charge in [0, 0.05) is 24.1 Å². The van der Waals surface area contributed by atoms with Crippen molar-refractivity contribution in [2.45, 2.75) is 19.5 Å². The molecule has 1 atom stereocenters. The Morgan fingerprint density at radius 2 is 1.85 bits per heavy atom. The number of rotatable bonds is 5. The van der Waals surface area contributed by atoms with Crippen LogP contribution in [0, 0.1) is 0 Å². The number of nitrogens with zero attached hydrogens (tertiary/aromatic N) is 1. The number of halogens is 1. The second kappa shape index (κ2) is 6.91. The van der Waals surface area contributed by atoms with Gasteiger partial charge in [0.15, 0.2) is 0 Å². The molecular weight excluding hydrogens is 312 g/mol. The monoisotopic (exact) mass is 332 g/mol. The second-order valence-corrected chi connectivity index (χ2v) is 5.92. The van der Waals surface area contributed by atoms with Crippen LogP contribution in [0.3, 0.4) is 0 Å². The van der Waals surface area contributed by atoms with Gasteiger partial charge in [0.2, 0.25) is 0 Å². The molecule has 0 heterocycles. The van der Waals surface area contributed by atoms with Crippen LogP contribution in [-0.2, 0) is 6.54 Å². The molecule has 0 aliphatic carbocycles. The third-order valence-corrected chi connectivity index (χ3v) is 4.21. The van der Waals surface area contributed by atoms with Crippen LogP contribution < -0.4 is 10.2 Å². The zero-order chi connectivity index (χ0) is 14.5. The summed E-state index contributed by atoms with van der Waals surface area (Å²) < 4.78 is 1.13. The molecule has 0 aromatic heterocycles. The summed E-state index contributed by atoms with van der Waals surface area (Å²) >= 11 is 3.69. The van der Waals surface area contributed by atoms with Crippen LogP contribution >= 0.6 is 15.9 Å². The third kappa shape index (κ3) is 3.62. The third-order valence-electron chi connectivity index (χ3n) is 3.58. The van der Waals surface area contributed by atoms with E-state index in [1.807, 2.05) is 13.1 Å². The Balaban J connectivity index is 2.16. The lowest BCUT2D eigenvalue weighted by Gasteiger charge is -2.22. The highest BCUT2D eigenvalue weighted by molar-refractivity contribution is 9.10. The Kier molecular flexibility index (Phi) is 5.21. The molecule has 0 amide bonds. The predicted octanol–water partition coefficient (Wildman–Crippen LogP) is 4.37. The van der Waals surface area contributed by atoms with Crippen molar-refractivity contribution in [2.75, 3.05) is 19.0 Å². The normalized spacial score (nSPS) is 12.2. The summed E-state index contributed by atoms with van der Waals surface area (Å²) in [6, 6.07) is 17.4. The molecule has 0 aliphatic heterocycles. The Hall–Kier alpha value is -1.32. The van der Waals surface area contributed by atoms with Crippen molar-refractivity contribution < 1.29 is 0 Å². The molecule has 0 saturated heterocycles. The average molecular weight is 333 g/mol. The summed E-state index contributed by atoms with van der Waals surface area (Å²) in [6.07, 6.45) is 0. The van der Waals surface area contributed by atoms with Gasteiger partial charge in [-0.25, -0.2) is 0 Å². The molecule has 2 aromatic carbocycles. The van der Waals surface area contributed by atoms with Crippen molar-refractivity contribution in [3.8, 4) is 0 Å². The first-order valence-corrected chi connectivity index (χ1v) is 7.63. The van der Waals surface area contributed by atoms with E-state index in [-0.39, 0.29) is 0 Å². The Bertz CT molecular complexity index is 554. The summed E-state index contributed by atoms with van der Waals surface area (Å²) in [5, 5.41) is 3.26. The smallest absolute Gasteiger partial charge is 0.0511 e. The van der Waals surface area contributed by atoms with E-state index in [1.54, 1.807) is 0 Å². The maximum atomic E-state index is 3.69. The predicted molar refractivity (Wildman–Crippen MR) is 90.2 cm³/mol.